The van der Waals surface area contributed by atoms with Crippen LogP contribution in [0.1, 0.15) is 0 Å². The van der Waals surface area contributed by atoms with E-state index in [1.807, 2.05) is 0 Å². The largest absolute Gasteiger partial charge is 1.00 e. The molecule has 0 aliphatic rings. The Hall–Kier alpha value is -0.270. The summed E-state index contributed by atoms with van der Waals surface area (Å²) >= 11 is 6.14. The summed E-state index contributed by atoms with van der Waals surface area (Å²) in [5, 5.41) is 10.4. The second kappa shape index (κ2) is 4.50. The second-order valence-electron chi connectivity index (χ2n) is 2.39. The predicted octanol–water partition coefficient (Wildman–Crippen LogP) is -0.886. The first-order valence-corrected chi connectivity index (χ1v) is 4.61. The van der Waals surface area contributed by atoms with Gasteiger partial charge in [-0.3, -0.25) is 15.1 Å². The normalized spacial score (nSPS) is 9.71. The van der Waals surface area contributed by atoms with Crippen molar-refractivity contribution in [2.75, 3.05) is 0 Å². The fraction of sp³-hybridized carbons (Fsp3) is 0. The van der Waals surface area contributed by atoms with Crippen molar-refractivity contribution in [1.29, 1.82) is 0 Å². The minimum Gasteiger partial charge on any atom is -0.408 e. The monoisotopic (exact) mass is 234 g/mol. The Balaban J connectivity index is 0.000000980. The van der Waals surface area contributed by atoms with Crippen LogP contribution < -0.4 is 29.6 Å². The molecule has 7 heteroatoms. The molecule has 0 spiro atoms. The predicted molar refractivity (Wildman–Crippen MR) is 51.9 cm³/mol. The van der Waals surface area contributed by atoms with E-state index in [9.17, 15) is 10.1 Å². The Labute approximate surface area is 111 Å². The van der Waals surface area contributed by atoms with Gasteiger partial charge in [-0.25, -0.2) is 0 Å². The standard InChI is InChI=1S/C7H4N2O2S2.Na/c10-9(11)4-1-2-5-6(3-4)13-7(12)8-5;/h1-3H,(H,8,12);/q;+1/p-1. The van der Waals surface area contributed by atoms with Crippen LogP contribution in [0, 0.1) is 10.1 Å². The average molecular weight is 234 g/mol. The van der Waals surface area contributed by atoms with Crippen molar-refractivity contribution in [3.8, 4) is 0 Å². The van der Waals surface area contributed by atoms with Crippen LogP contribution in [0.5, 0.6) is 0 Å². The van der Waals surface area contributed by atoms with E-state index < -0.39 is 4.92 Å². The van der Waals surface area contributed by atoms with Crippen LogP contribution in [0.2, 0.25) is 0 Å². The fourth-order valence-electron chi connectivity index (χ4n) is 1.01. The number of thiazole rings is 1. The van der Waals surface area contributed by atoms with Gasteiger partial charge in [0.15, 0.2) is 0 Å². The van der Waals surface area contributed by atoms with E-state index in [1.54, 1.807) is 6.07 Å². The Kier molecular flexibility index (Phi) is 3.79. The zero-order chi connectivity index (χ0) is 9.42. The molecule has 0 saturated carbocycles. The number of hydrogen-bond donors (Lipinski definition) is 0. The molecule has 0 amide bonds. The van der Waals surface area contributed by atoms with Gasteiger partial charge in [-0.15, -0.1) is 0 Å². The topological polar surface area (TPSA) is 56.0 Å². The molecule has 0 unspecified atom stereocenters. The van der Waals surface area contributed by atoms with Crippen LogP contribution in [0.15, 0.2) is 22.5 Å². The smallest absolute Gasteiger partial charge is 0.408 e. The van der Waals surface area contributed by atoms with E-state index >= 15 is 0 Å². The summed E-state index contributed by atoms with van der Waals surface area (Å²) in [7, 11) is 0. The molecule has 2 rings (SSSR count). The van der Waals surface area contributed by atoms with Crippen LogP contribution in [0.25, 0.3) is 10.2 Å². The summed E-state index contributed by atoms with van der Waals surface area (Å²) in [6.45, 7) is 0. The summed E-state index contributed by atoms with van der Waals surface area (Å²) in [6.07, 6.45) is 0. The molecule has 1 aromatic heterocycles. The van der Waals surface area contributed by atoms with Crippen LogP contribution in [-0.2, 0) is 12.6 Å². The average Bonchev–Trinajstić information content (AvgIpc) is 2.42. The van der Waals surface area contributed by atoms with E-state index in [-0.39, 0.29) is 35.2 Å². The van der Waals surface area contributed by atoms with E-state index in [1.165, 1.54) is 23.5 Å². The number of benzene rings is 1. The molecule has 0 N–H and O–H groups in total. The summed E-state index contributed by atoms with van der Waals surface area (Å²) < 4.78 is 1.27. The van der Waals surface area contributed by atoms with Gasteiger partial charge in [-0.05, 0) is 15.1 Å². The molecule has 66 valence electrons. The maximum atomic E-state index is 10.4. The number of nitro groups is 1. The maximum absolute atomic E-state index is 10.4. The quantitative estimate of drug-likeness (QED) is 0.278. The molecule has 1 aromatic carbocycles. The van der Waals surface area contributed by atoms with Crippen LogP contribution in [-0.4, -0.2) is 9.91 Å². The SMILES string of the molecule is O=[N+]([O-])c1ccc2nc([S-])sc2c1.[Na+]. The molecule has 0 fully saturated rings. The third-order valence-electron chi connectivity index (χ3n) is 1.56. The third-order valence-corrected chi connectivity index (χ3v) is 2.72. The summed E-state index contributed by atoms with van der Waals surface area (Å²) in [5.74, 6) is 0. The van der Waals surface area contributed by atoms with Gasteiger partial charge >= 0.3 is 29.6 Å². The Morgan fingerprint density at radius 1 is 1.50 bits per heavy atom. The molecular weight excluding hydrogens is 231 g/mol. The summed E-state index contributed by atoms with van der Waals surface area (Å²) in [6, 6.07) is 4.53. The molecule has 1 heterocycles. The van der Waals surface area contributed by atoms with Crippen molar-refractivity contribution >= 4 is 39.9 Å². The van der Waals surface area contributed by atoms with E-state index in [2.05, 4.69) is 4.98 Å². The fourth-order valence-corrected chi connectivity index (χ4v) is 2.10. The molecule has 0 aliphatic carbocycles. The van der Waals surface area contributed by atoms with Crippen molar-refractivity contribution in [2.45, 2.75) is 4.34 Å². The van der Waals surface area contributed by atoms with Gasteiger partial charge in [0, 0.05) is 12.1 Å². The van der Waals surface area contributed by atoms with Gasteiger partial charge in [-0.1, -0.05) is 0 Å². The number of aromatic nitrogens is 1. The zero-order valence-electron chi connectivity index (χ0n) is 7.26. The molecule has 0 saturated heterocycles. The number of nitrogens with zero attached hydrogens (tertiary/aromatic N) is 2. The molecule has 0 aliphatic heterocycles. The van der Waals surface area contributed by atoms with Gasteiger partial charge in [0.1, 0.15) is 0 Å². The second-order valence-corrected chi connectivity index (χ2v) is 4.06. The zero-order valence-corrected chi connectivity index (χ0v) is 10.9. The maximum Gasteiger partial charge on any atom is 1.00 e. The Morgan fingerprint density at radius 3 is 2.86 bits per heavy atom. The molecule has 0 atom stereocenters. The third kappa shape index (κ3) is 2.21. The Bertz CT molecular complexity index is 485. The van der Waals surface area contributed by atoms with Crippen molar-refractivity contribution < 1.29 is 34.5 Å². The van der Waals surface area contributed by atoms with Crippen LogP contribution in [0.3, 0.4) is 0 Å². The summed E-state index contributed by atoms with van der Waals surface area (Å²) in [5.41, 5.74) is 0.798. The Morgan fingerprint density at radius 2 is 2.21 bits per heavy atom. The van der Waals surface area contributed by atoms with E-state index in [0.717, 1.165) is 10.2 Å². The number of rotatable bonds is 1. The van der Waals surface area contributed by atoms with Crippen molar-refractivity contribution in [1.82, 2.24) is 4.98 Å². The number of nitro benzene ring substituents is 1. The van der Waals surface area contributed by atoms with Gasteiger partial charge < -0.3 is 24.0 Å². The molecule has 4 nitrogen and oxygen atoms in total. The van der Waals surface area contributed by atoms with Gasteiger partial charge in [-0.2, -0.15) is 0 Å². The first kappa shape index (κ1) is 11.8. The molecule has 0 radical (unpaired) electrons. The first-order valence-electron chi connectivity index (χ1n) is 3.39. The number of fused-ring (bicyclic) bond motifs is 1. The van der Waals surface area contributed by atoms with Crippen LogP contribution in [0.4, 0.5) is 5.69 Å². The van der Waals surface area contributed by atoms with E-state index in [4.69, 9.17) is 12.6 Å². The van der Waals surface area contributed by atoms with Crippen molar-refractivity contribution in [3.05, 3.63) is 28.3 Å². The number of non-ortho nitro benzene ring substituents is 1. The van der Waals surface area contributed by atoms with Crippen LogP contribution >= 0.6 is 11.3 Å². The van der Waals surface area contributed by atoms with Crippen molar-refractivity contribution in [2.24, 2.45) is 0 Å². The van der Waals surface area contributed by atoms with Gasteiger partial charge in [0.25, 0.3) is 5.69 Å². The van der Waals surface area contributed by atoms with Crippen molar-refractivity contribution in [3.63, 3.8) is 0 Å². The minimum absolute atomic E-state index is 0. The minimum atomic E-state index is -0.428. The summed E-state index contributed by atoms with van der Waals surface area (Å²) in [4.78, 5) is 14.0. The molecule has 0 bridgehead atoms. The molecular formula is C7H3N2NaO2S2. The van der Waals surface area contributed by atoms with Gasteiger partial charge in [0.2, 0.25) is 0 Å². The van der Waals surface area contributed by atoms with E-state index in [0.29, 0.717) is 4.34 Å². The van der Waals surface area contributed by atoms with Gasteiger partial charge in [0.05, 0.1) is 10.4 Å². The number of hydrogen-bond acceptors (Lipinski definition) is 5. The molecule has 2 aromatic rings. The molecule has 14 heavy (non-hydrogen) atoms. The first-order chi connectivity index (χ1) is 6.16.